The molecule has 0 spiro atoms. The van der Waals surface area contributed by atoms with E-state index in [0.717, 1.165) is 41.1 Å². The van der Waals surface area contributed by atoms with Gasteiger partial charge in [0.1, 0.15) is 11.5 Å². The minimum absolute atomic E-state index is 0.819. The van der Waals surface area contributed by atoms with Gasteiger partial charge in [-0.2, -0.15) is 0 Å². The number of halogens is 1. The number of rotatable bonds is 16. The number of benzene rings is 1. The largest absolute Gasteiger partial charge is 0.493 e. The van der Waals surface area contributed by atoms with Crippen molar-refractivity contribution in [2.45, 2.75) is 97.8 Å². The van der Waals surface area contributed by atoms with Gasteiger partial charge in [-0.1, -0.05) is 78.1 Å². The predicted octanol–water partition coefficient (Wildman–Crippen LogP) is 8.08. The van der Waals surface area contributed by atoms with Crippen LogP contribution in [-0.4, -0.2) is 13.2 Å². The van der Waals surface area contributed by atoms with Gasteiger partial charge in [0.05, 0.1) is 16.8 Å². The molecule has 0 aliphatic heterocycles. The van der Waals surface area contributed by atoms with E-state index in [4.69, 9.17) is 9.47 Å². The maximum absolute atomic E-state index is 6.00. The summed E-state index contributed by atoms with van der Waals surface area (Å²) in [6, 6.07) is 4.26. The Hall–Kier alpha value is -0.450. The van der Waals surface area contributed by atoms with E-state index >= 15 is 0 Å². The van der Waals surface area contributed by atoms with Gasteiger partial charge in [0.15, 0.2) is 0 Å². The Bertz CT molecular complexity index is 430. The number of hydrogen-bond donors (Lipinski definition) is 0. The third kappa shape index (κ3) is 10.6. The number of aryl methyl sites for hydroxylation is 1. The minimum Gasteiger partial charge on any atom is -0.493 e. The summed E-state index contributed by atoms with van der Waals surface area (Å²) < 4.78 is 13.1. The molecule has 0 aliphatic carbocycles. The van der Waals surface area contributed by atoms with Crippen LogP contribution in [0.5, 0.6) is 11.5 Å². The van der Waals surface area contributed by atoms with Gasteiger partial charge in [-0.3, -0.25) is 0 Å². The summed E-state index contributed by atoms with van der Waals surface area (Å²) in [5.41, 5.74) is 1.18. The van der Waals surface area contributed by atoms with Crippen molar-refractivity contribution in [1.29, 1.82) is 0 Å². The SMILES string of the molecule is CCCCCCCCOc1cc(I)c(OCCCCCCCC)cc1C. The lowest BCUT2D eigenvalue weighted by molar-refractivity contribution is 0.293. The molecule has 0 fully saturated rings. The first-order chi connectivity index (χ1) is 12.7. The topological polar surface area (TPSA) is 18.5 Å². The van der Waals surface area contributed by atoms with Crippen molar-refractivity contribution >= 4 is 22.6 Å². The first kappa shape index (κ1) is 23.6. The van der Waals surface area contributed by atoms with Crippen LogP contribution < -0.4 is 9.47 Å². The number of hydrogen-bond acceptors (Lipinski definition) is 2. The van der Waals surface area contributed by atoms with Crippen molar-refractivity contribution in [3.8, 4) is 11.5 Å². The second-order valence-corrected chi connectivity index (χ2v) is 8.44. The highest BCUT2D eigenvalue weighted by Crippen LogP contribution is 2.30. The first-order valence-corrected chi connectivity index (χ1v) is 11.8. The summed E-state index contributed by atoms with van der Waals surface area (Å²) >= 11 is 2.36. The van der Waals surface area contributed by atoms with Crippen LogP contribution in [0.25, 0.3) is 0 Å². The zero-order valence-corrected chi connectivity index (χ0v) is 19.4. The zero-order chi connectivity index (χ0) is 19.0. The zero-order valence-electron chi connectivity index (χ0n) is 17.2. The predicted molar refractivity (Wildman–Crippen MR) is 122 cm³/mol. The summed E-state index contributed by atoms with van der Waals surface area (Å²) in [7, 11) is 0. The molecule has 150 valence electrons. The van der Waals surface area contributed by atoms with Crippen LogP contribution in [0.4, 0.5) is 0 Å². The number of ether oxygens (including phenoxy) is 2. The van der Waals surface area contributed by atoms with Crippen LogP contribution in [0.2, 0.25) is 0 Å². The summed E-state index contributed by atoms with van der Waals surface area (Å²) in [5.74, 6) is 2.01. The smallest absolute Gasteiger partial charge is 0.133 e. The van der Waals surface area contributed by atoms with Gasteiger partial charge in [-0.25, -0.2) is 0 Å². The van der Waals surface area contributed by atoms with Crippen molar-refractivity contribution in [3.63, 3.8) is 0 Å². The Morgan fingerprint density at radius 2 is 1.12 bits per heavy atom. The monoisotopic (exact) mass is 474 g/mol. The third-order valence-corrected chi connectivity index (χ3v) is 5.58. The minimum atomic E-state index is 0.819. The molecule has 0 amide bonds. The molecule has 0 N–H and O–H groups in total. The Kier molecular flexibility index (Phi) is 14.1. The van der Waals surface area contributed by atoms with Crippen molar-refractivity contribution in [1.82, 2.24) is 0 Å². The lowest BCUT2D eigenvalue weighted by atomic mass is 10.1. The molecule has 0 unspecified atom stereocenters. The molecule has 0 bridgehead atoms. The van der Waals surface area contributed by atoms with Crippen LogP contribution in [-0.2, 0) is 0 Å². The van der Waals surface area contributed by atoms with E-state index in [2.05, 4.69) is 55.5 Å². The van der Waals surface area contributed by atoms with Gasteiger partial charge in [0.2, 0.25) is 0 Å². The fraction of sp³-hybridized carbons (Fsp3) is 0.739. The quantitative estimate of drug-likeness (QED) is 0.178. The summed E-state index contributed by atoms with van der Waals surface area (Å²) in [5, 5.41) is 0. The van der Waals surface area contributed by atoms with E-state index in [1.807, 2.05) is 0 Å². The molecule has 3 heteroatoms. The Balaban J connectivity index is 2.26. The second-order valence-electron chi connectivity index (χ2n) is 7.28. The molecule has 0 heterocycles. The summed E-state index contributed by atoms with van der Waals surface area (Å²) in [4.78, 5) is 0. The van der Waals surface area contributed by atoms with Crippen LogP contribution in [0.1, 0.15) is 96.5 Å². The Morgan fingerprint density at radius 3 is 1.65 bits per heavy atom. The molecule has 1 aromatic carbocycles. The van der Waals surface area contributed by atoms with E-state index in [1.165, 1.54) is 69.8 Å². The van der Waals surface area contributed by atoms with Crippen LogP contribution in [0, 0.1) is 10.5 Å². The molecule has 0 radical (unpaired) electrons. The van der Waals surface area contributed by atoms with E-state index < -0.39 is 0 Å². The van der Waals surface area contributed by atoms with Crippen molar-refractivity contribution < 1.29 is 9.47 Å². The van der Waals surface area contributed by atoms with E-state index in [0.29, 0.717) is 0 Å². The Morgan fingerprint density at radius 1 is 0.654 bits per heavy atom. The standard InChI is InChI=1S/C23H39IO2/c1-4-6-8-10-12-14-16-25-22-19-21(24)23(18-20(22)3)26-17-15-13-11-9-7-5-2/h18-19H,4-17H2,1-3H3. The molecule has 2 nitrogen and oxygen atoms in total. The average molecular weight is 474 g/mol. The molecule has 0 saturated carbocycles. The highest BCUT2D eigenvalue weighted by atomic mass is 127. The lowest BCUT2D eigenvalue weighted by Crippen LogP contribution is -2.02. The highest BCUT2D eigenvalue weighted by molar-refractivity contribution is 14.1. The molecule has 26 heavy (non-hydrogen) atoms. The maximum Gasteiger partial charge on any atom is 0.133 e. The highest BCUT2D eigenvalue weighted by Gasteiger charge is 2.08. The van der Waals surface area contributed by atoms with Gasteiger partial charge < -0.3 is 9.47 Å². The lowest BCUT2D eigenvalue weighted by Gasteiger charge is -2.14. The molecule has 0 atom stereocenters. The molecule has 0 saturated heterocycles. The average Bonchev–Trinajstić information content (AvgIpc) is 2.63. The first-order valence-electron chi connectivity index (χ1n) is 10.7. The second kappa shape index (κ2) is 15.6. The van der Waals surface area contributed by atoms with Crippen molar-refractivity contribution in [2.75, 3.05) is 13.2 Å². The fourth-order valence-electron chi connectivity index (χ4n) is 3.03. The van der Waals surface area contributed by atoms with Crippen molar-refractivity contribution in [2.24, 2.45) is 0 Å². The molecular formula is C23H39IO2. The maximum atomic E-state index is 6.00. The van der Waals surface area contributed by atoms with Gasteiger partial charge in [0, 0.05) is 0 Å². The van der Waals surface area contributed by atoms with Gasteiger partial charge >= 0.3 is 0 Å². The molecule has 1 rings (SSSR count). The fourth-order valence-corrected chi connectivity index (χ4v) is 3.63. The molecule has 0 aromatic heterocycles. The van der Waals surface area contributed by atoms with Gasteiger partial charge in [-0.15, -0.1) is 0 Å². The normalized spacial score (nSPS) is 10.9. The van der Waals surface area contributed by atoms with Crippen LogP contribution in [0.3, 0.4) is 0 Å². The molecule has 0 aliphatic rings. The number of unbranched alkanes of at least 4 members (excludes halogenated alkanes) is 10. The molecule has 1 aromatic rings. The summed E-state index contributed by atoms with van der Waals surface area (Å²) in [6.07, 6.45) is 15.6. The van der Waals surface area contributed by atoms with Gasteiger partial charge in [0.25, 0.3) is 0 Å². The van der Waals surface area contributed by atoms with E-state index in [1.54, 1.807) is 0 Å². The molecular weight excluding hydrogens is 435 g/mol. The third-order valence-electron chi connectivity index (χ3n) is 4.74. The summed E-state index contributed by atoms with van der Waals surface area (Å²) in [6.45, 7) is 8.27. The van der Waals surface area contributed by atoms with Crippen LogP contribution in [0.15, 0.2) is 12.1 Å². The van der Waals surface area contributed by atoms with E-state index in [9.17, 15) is 0 Å². The Labute approximate surface area is 175 Å². The van der Waals surface area contributed by atoms with Gasteiger partial charge in [-0.05, 0) is 60.1 Å². The van der Waals surface area contributed by atoms with Crippen molar-refractivity contribution in [3.05, 3.63) is 21.3 Å². The van der Waals surface area contributed by atoms with Crippen LogP contribution >= 0.6 is 22.6 Å². The van der Waals surface area contributed by atoms with E-state index in [-0.39, 0.29) is 0 Å².